The summed E-state index contributed by atoms with van der Waals surface area (Å²) in [5.41, 5.74) is 6.07. The lowest BCUT2D eigenvalue weighted by molar-refractivity contribution is -0.142. The Morgan fingerprint density at radius 1 is 1.57 bits per heavy atom. The zero-order valence-corrected chi connectivity index (χ0v) is 13.3. The second-order valence-corrected chi connectivity index (χ2v) is 6.24. The molecule has 0 radical (unpaired) electrons. The van der Waals surface area contributed by atoms with Crippen LogP contribution in [0.3, 0.4) is 0 Å². The summed E-state index contributed by atoms with van der Waals surface area (Å²) in [6.07, 6.45) is 0.864. The van der Waals surface area contributed by atoms with Crippen molar-refractivity contribution in [2.75, 3.05) is 23.9 Å². The van der Waals surface area contributed by atoms with Gasteiger partial charge in [-0.05, 0) is 23.6 Å². The molecule has 114 valence electrons. The summed E-state index contributed by atoms with van der Waals surface area (Å²) in [6.45, 7) is 0. The molecule has 0 aromatic carbocycles. The minimum atomic E-state index is -0.611. The topological polar surface area (TPSA) is 105 Å². The molecule has 6 nitrogen and oxygen atoms in total. The summed E-state index contributed by atoms with van der Waals surface area (Å²) < 4.78 is 4.53. The molecule has 0 saturated carbocycles. The number of ether oxygens (including phenoxy) is 1. The Hall–Kier alpha value is -1.56. The third kappa shape index (κ3) is 6.16. The van der Waals surface area contributed by atoms with Crippen molar-refractivity contribution in [3.8, 4) is 6.07 Å². The van der Waals surface area contributed by atoms with Crippen LogP contribution in [0.15, 0.2) is 11.4 Å². The first-order valence-electron chi connectivity index (χ1n) is 6.27. The van der Waals surface area contributed by atoms with Gasteiger partial charge in [0.25, 0.3) is 0 Å². The minimum Gasteiger partial charge on any atom is -0.468 e. The molecule has 0 spiro atoms. The molecule has 1 unspecified atom stereocenters. The van der Waals surface area contributed by atoms with E-state index in [-0.39, 0.29) is 5.91 Å². The molecule has 1 atom stereocenters. The number of amides is 1. The predicted molar refractivity (Wildman–Crippen MR) is 84.2 cm³/mol. The fraction of sp³-hybridized carbons (Fsp3) is 0.462. The van der Waals surface area contributed by atoms with Gasteiger partial charge in [-0.1, -0.05) is 0 Å². The Bertz CT molecular complexity index is 525. The molecular weight excluding hydrogens is 310 g/mol. The Morgan fingerprint density at radius 2 is 2.33 bits per heavy atom. The molecule has 1 aromatic heterocycles. The standard InChI is InChI=1S/C13H17N3O3S2/c1-19-13(18)10(15)3-5-20-6-4-11(17)16-12-9(8-14)2-7-21-12/h2,7,10H,3-6,15H2,1H3,(H,16,17). The zero-order valence-electron chi connectivity index (χ0n) is 11.6. The highest BCUT2D eigenvalue weighted by molar-refractivity contribution is 7.99. The van der Waals surface area contributed by atoms with E-state index >= 15 is 0 Å². The number of methoxy groups -OCH3 is 1. The minimum absolute atomic E-state index is 0.126. The van der Waals surface area contributed by atoms with Crippen molar-refractivity contribution in [3.63, 3.8) is 0 Å². The summed E-state index contributed by atoms with van der Waals surface area (Å²) in [5, 5.41) is 13.9. The van der Waals surface area contributed by atoms with E-state index in [0.29, 0.717) is 34.9 Å². The van der Waals surface area contributed by atoms with Crippen LogP contribution in [-0.2, 0) is 14.3 Å². The normalized spacial score (nSPS) is 11.5. The Kier molecular flexibility index (Phi) is 7.82. The highest BCUT2D eigenvalue weighted by Gasteiger charge is 2.13. The number of carbonyl (C=O) groups is 2. The smallest absolute Gasteiger partial charge is 0.322 e. The van der Waals surface area contributed by atoms with Crippen LogP contribution >= 0.6 is 23.1 Å². The van der Waals surface area contributed by atoms with E-state index in [1.165, 1.54) is 18.4 Å². The lowest BCUT2D eigenvalue weighted by Gasteiger charge is -2.08. The van der Waals surface area contributed by atoms with Crippen LogP contribution in [0, 0.1) is 11.3 Å². The van der Waals surface area contributed by atoms with Gasteiger partial charge in [-0.3, -0.25) is 9.59 Å². The van der Waals surface area contributed by atoms with Gasteiger partial charge in [0, 0.05) is 12.2 Å². The Balaban J connectivity index is 2.17. The molecule has 1 aromatic rings. The largest absolute Gasteiger partial charge is 0.468 e. The van der Waals surface area contributed by atoms with Crippen molar-refractivity contribution in [1.29, 1.82) is 5.26 Å². The number of hydrogen-bond acceptors (Lipinski definition) is 7. The van der Waals surface area contributed by atoms with Gasteiger partial charge in [0.1, 0.15) is 17.1 Å². The number of hydrogen-bond donors (Lipinski definition) is 2. The predicted octanol–water partition coefficient (Wildman–Crippen LogP) is 1.57. The van der Waals surface area contributed by atoms with Crippen LogP contribution in [0.1, 0.15) is 18.4 Å². The molecule has 1 rings (SSSR count). The van der Waals surface area contributed by atoms with Crippen LogP contribution in [0.5, 0.6) is 0 Å². The lowest BCUT2D eigenvalue weighted by atomic mass is 10.2. The van der Waals surface area contributed by atoms with Gasteiger partial charge in [0.2, 0.25) is 5.91 Å². The molecule has 1 amide bonds. The maximum atomic E-state index is 11.7. The van der Waals surface area contributed by atoms with Crippen LogP contribution in [0.4, 0.5) is 5.00 Å². The van der Waals surface area contributed by atoms with Gasteiger partial charge in [-0.2, -0.15) is 17.0 Å². The van der Waals surface area contributed by atoms with E-state index in [9.17, 15) is 9.59 Å². The molecule has 0 fully saturated rings. The van der Waals surface area contributed by atoms with E-state index in [4.69, 9.17) is 11.0 Å². The Labute approximate surface area is 131 Å². The molecule has 3 N–H and O–H groups in total. The molecule has 0 aliphatic carbocycles. The number of esters is 1. The molecule has 0 aliphatic heterocycles. The van der Waals surface area contributed by atoms with Crippen molar-refractivity contribution in [3.05, 3.63) is 17.0 Å². The number of thiophene rings is 1. The van der Waals surface area contributed by atoms with E-state index in [1.807, 2.05) is 6.07 Å². The van der Waals surface area contributed by atoms with Crippen molar-refractivity contribution < 1.29 is 14.3 Å². The van der Waals surface area contributed by atoms with Gasteiger partial charge in [0.15, 0.2) is 0 Å². The van der Waals surface area contributed by atoms with Crippen LogP contribution in [0.2, 0.25) is 0 Å². The quantitative estimate of drug-likeness (QED) is 0.554. The van der Waals surface area contributed by atoms with E-state index in [2.05, 4.69) is 10.1 Å². The highest BCUT2D eigenvalue weighted by atomic mass is 32.2. The maximum absolute atomic E-state index is 11.7. The average Bonchev–Trinajstić information content (AvgIpc) is 2.92. The van der Waals surface area contributed by atoms with Crippen LogP contribution < -0.4 is 11.1 Å². The summed E-state index contributed by atoms with van der Waals surface area (Å²) >= 11 is 2.88. The number of anilines is 1. The van der Waals surface area contributed by atoms with Crippen LogP contribution in [0.25, 0.3) is 0 Å². The number of nitrogens with two attached hydrogens (primary N) is 1. The molecule has 0 saturated heterocycles. The van der Waals surface area contributed by atoms with Gasteiger partial charge in [-0.15, -0.1) is 11.3 Å². The molecule has 8 heteroatoms. The van der Waals surface area contributed by atoms with Gasteiger partial charge >= 0.3 is 5.97 Å². The summed E-state index contributed by atoms with van der Waals surface area (Å²) in [7, 11) is 1.31. The molecule has 0 aliphatic rings. The summed E-state index contributed by atoms with van der Waals surface area (Å²) in [5.74, 6) is 0.771. The first-order chi connectivity index (χ1) is 10.1. The van der Waals surface area contributed by atoms with E-state index in [1.54, 1.807) is 23.2 Å². The van der Waals surface area contributed by atoms with Crippen molar-refractivity contribution >= 4 is 40.0 Å². The maximum Gasteiger partial charge on any atom is 0.322 e. The summed E-state index contributed by atoms with van der Waals surface area (Å²) in [4.78, 5) is 22.8. The lowest BCUT2D eigenvalue weighted by Crippen LogP contribution is -2.32. The number of thioether (sulfide) groups is 1. The second kappa shape index (κ2) is 9.39. The molecule has 1 heterocycles. The number of carbonyl (C=O) groups excluding carboxylic acids is 2. The highest BCUT2D eigenvalue weighted by Crippen LogP contribution is 2.22. The van der Waals surface area contributed by atoms with Crippen molar-refractivity contribution in [2.24, 2.45) is 5.73 Å². The van der Waals surface area contributed by atoms with Gasteiger partial charge in [0.05, 0.1) is 12.7 Å². The van der Waals surface area contributed by atoms with Crippen molar-refractivity contribution in [1.82, 2.24) is 0 Å². The number of nitriles is 1. The third-order valence-corrected chi connectivity index (χ3v) is 4.44. The fourth-order valence-corrected chi connectivity index (χ4v) is 3.14. The second-order valence-electron chi connectivity index (χ2n) is 4.10. The third-order valence-electron chi connectivity index (χ3n) is 2.59. The number of nitrogens with one attached hydrogen (secondary N) is 1. The molecule has 0 bridgehead atoms. The molecule has 21 heavy (non-hydrogen) atoms. The van der Waals surface area contributed by atoms with Crippen molar-refractivity contribution in [2.45, 2.75) is 18.9 Å². The monoisotopic (exact) mass is 327 g/mol. The molecular formula is C13H17N3O3S2. The first-order valence-corrected chi connectivity index (χ1v) is 8.30. The summed E-state index contributed by atoms with van der Waals surface area (Å²) in [6, 6.07) is 3.08. The first kappa shape index (κ1) is 17.5. The van der Waals surface area contributed by atoms with E-state index < -0.39 is 12.0 Å². The fourth-order valence-electron chi connectivity index (χ4n) is 1.43. The SMILES string of the molecule is COC(=O)C(N)CCSCCC(=O)Nc1sccc1C#N. The van der Waals surface area contributed by atoms with Gasteiger partial charge in [-0.25, -0.2) is 0 Å². The van der Waals surface area contributed by atoms with E-state index in [0.717, 1.165) is 0 Å². The van der Waals surface area contributed by atoms with Gasteiger partial charge < -0.3 is 15.8 Å². The number of nitrogens with zero attached hydrogens (tertiary/aromatic N) is 1. The van der Waals surface area contributed by atoms with Crippen LogP contribution in [-0.4, -0.2) is 36.5 Å². The average molecular weight is 327 g/mol. The zero-order chi connectivity index (χ0) is 15.7. The number of rotatable bonds is 8. The Morgan fingerprint density at radius 3 is 3.00 bits per heavy atom.